The van der Waals surface area contributed by atoms with Gasteiger partial charge in [0.15, 0.2) is 11.0 Å². The summed E-state index contributed by atoms with van der Waals surface area (Å²) in [6, 6.07) is 18.7. The monoisotopic (exact) mass is 456 g/mol. The molecule has 32 heavy (non-hydrogen) atoms. The van der Waals surface area contributed by atoms with Gasteiger partial charge in [-0.1, -0.05) is 60.1 Å². The highest BCUT2D eigenvalue weighted by Gasteiger charge is 2.30. The Hall–Kier alpha value is -3.65. The highest BCUT2D eigenvalue weighted by Crippen LogP contribution is 2.31. The van der Waals surface area contributed by atoms with Crippen LogP contribution in [-0.2, 0) is 12.7 Å². The normalized spacial score (nSPS) is 11.4. The molecule has 1 aromatic heterocycles. The third-order valence-corrected chi connectivity index (χ3v) is 5.08. The van der Waals surface area contributed by atoms with Gasteiger partial charge in [-0.15, -0.1) is 10.2 Å². The van der Waals surface area contributed by atoms with Crippen LogP contribution in [0.1, 0.15) is 21.5 Å². The van der Waals surface area contributed by atoms with E-state index in [4.69, 9.17) is 11.6 Å². The van der Waals surface area contributed by atoms with Gasteiger partial charge in [0.05, 0.1) is 5.56 Å². The van der Waals surface area contributed by atoms with Crippen LogP contribution >= 0.6 is 11.6 Å². The van der Waals surface area contributed by atoms with E-state index in [0.717, 1.165) is 22.9 Å². The number of alkyl halides is 3. The second-order valence-corrected chi connectivity index (χ2v) is 7.29. The van der Waals surface area contributed by atoms with Gasteiger partial charge in [-0.05, 0) is 29.8 Å². The molecule has 0 aliphatic rings. The van der Waals surface area contributed by atoms with Crippen molar-refractivity contribution in [3.8, 4) is 0 Å². The van der Waals surface area contributed by atoms with Crippen molar-refractivity contribution in [2.24, 2.45) is 0 Å². The lowest BCUT2D eigenvalue weighted by molar-refractivity contribution is -0.137. The van der Waals surface area contributed by atoms with Crippen LogP contribution in [-0.4, -0.2) is 16.1 Å². The van der Waals surface area contributed by atoms with Gasteiger partial charge in [-0.3, -0.25) is 4.79 Å². The second kappa shape index (κ2) is 8.84. The number of amides is 1. The molecule has 4 aromatic rings. The molecule has 0 atom stereocenters. The third kappa shape index (κ3) is 4.65. The van der Waals surface area contributed by atoms with Crippen LogP contribution in [0.4, 0.5) is 24.7 Å². The Morgan fingerprint density at radius 3 is 2.41 bits per heavy atom. The van der Waals surface area contributed by atoms with Crippen molar-refractivity contribution in [1.82, 2.24) is 10.2 Å². The second-order valence-electron chi connectivity index (χ2n) is 6.93. The Kier molecular flexibility index (Phi) is 5.96. The molecular formula is C23H16ClF3N4O. The van der Waals surface area contributed by atoms with Crippen molar-refractivity contribution in [3.63, 3.8) is 0 Å². The lowest BCUT2D eigenvalue weighted by Crippen LogP contribution is -2.16. The molecule has 0 spiro atoms. The molecule has 0 fully saturated rings. The maximum atomic E-state index is 12.9. The summed E-state index contributed by atoms with van der Waals surface area (Å²) in [5, 5.41) is 15.5. The van der Waals surface area contributed by atoms with Gasteiger partial charge in [0.2, 0.25) is 0 Å². The number of nitrogens with one attached hydrogen (secondary N) is 2. The summed E-state index contributed by atoms with van der Waals surface area (Å²) < 4.78 is 38.8. The van der Waals surface area contributed by atoms with E-state index in [9.17, 15) is 18.0 Å². The first-order valence-electron chi connectivity index (χ1n) is 9.54. The maximum absolute atomic E-state index is 12.9. The zero-order valence-electron chi connectivity index (χ0n) is 16.4. The number of hydrogen-bond acceptors (Lipinski definition) is 4. The van der Waals surface area contributed by atoms with E-state index in [0.29, 0.717) is 16.9 Å². The summed E-state index contributed by atoms with van der Waals surface area (Å²) in [4.78, 5) is 12.8. The van der Waals surface area contributed by atoms with Crippen molar-refractivity contribution < 1.29 is 18.0 Å². The van der Waals surface area contributed by atoms with Crippen molar-refractivity contribution in [2.45, 2.75) is 12.7 Å². The van der Waals surface area contributed by atoms with Crippen LogP contribution in [0.3, 0.4) is 0 Å². The molecule has 2 N–H and O–H groups in total. The first kappa shape index (κ1) is 21.6. The zero-order valence-corrected chi connectivity index (χ0v) is 17.2. The van der Waals surface area contributed by atoms with Gasteiger partial charge in [0.1, 0.15) is 0 Å². The van der Waals surface area contributed by atoms with Gasteiger partial charge >= 0.3 is 6.18 Å². The molecule has 0 aliphatic heterocycles. The van der Waals surface area contributed by atoms with Crippen molar-refractivity contribution in [3.05, 3.63) is 94.6 Å². The Balaban J connectivity index is 1.55. The van der Waals surface area contributed by atoms with Gasteiger partial charge in [0, 0.05) is 28.6 Å². The summed E-state index contributed by atoms with van der Waals surface area (Å²) >= 11 is 6.10. The number of carbonyl (C=O) groups is 1. The largest absolute Gasteiger partial charge is 0.416 e. The Morgan fingerprint density at radius 2 is 1.62 bits per heavy atom. The lowest BCUT2D eigenvalue weighted by atomic mass is 10.1. The van der Waals surface area contributed by atoms with Gasteiger partial charge in [0.25, 0.3) is 5.91 Å². The summed E-state index contributed by atoms with van der Waals surface area (Å²) in [7, 11) is 0. The number of rotatable bonds is 5. The Bertz CT molecular complexity index is 1290. The maximum Gasteiger partial charge on any atom is 0.416 e. The average molecular weight is 457 g/mol. The number of benzene rings is 3. The van der Waals surface area contributed by atoms with Gasteiger partial charge in [-0.25, -0.2) is 0 Å². The minimum Gasteiger partial charge on any atom is -0.364 e. The fourth-order valence-corrected chi connectivity index (χ4v) is 3.45. The number of anilines is 2. The molecule has 0 radical (unpaired) electrons. The quantitative estimate of drug-likeness (QED) is 0.377. The molecule has 0 unspecified atom stereocenters. The predicted molar refractivity (Wildman–Crippen MR) is 118 cm³/mol. The minimum absolute atomic E-state index is 0.0575. The number of fused-ring (bicyclic) bond motifs is 1. The van der Waals surface area contributed by atoms with E-state index in [1.165, 1.54) is 12.1 Å². The molecule has 9 heteroatoms. The standard InChI is InChI=1S/C23H16ClF3N4O/c24-20-18-10-3-4-11-19(18)21(31-30-20)28-13-14-6-1-2-9-17(14)22(32)29-16-8-5-7-15(12-16)23(25,26)27/h1-12H,13H2,(H,28,31)(H,29,32). The van der Waals surface area contributed by atoms with E-state index in [1.807, 2.05) is 24.3 Å². The topological polar surface area (TPSA) is 66.9 Å². The van der Waals surface area contributed by atoms with Crippen LogP contribution < -0.4 is 10.6 Å². The van der Waals surface area contributed by atoms with E-state index >= 15 is 0 Å². The van der Waals surface area contributed by atoms with Crippen molar-refractivity contribution >= 4 is 39.8 Å². The number of halogens is 4. The first-order chi connectivity index (χ1) is 15.3. The third-order valence-electron chi connectivity index (χ3n) is 4.80. The van der Waals surface area contributed by atoms with Crippen LogP contribution in [0, 0.1) is 0 Å². The number of aromatic nitrogens is 2. The molecule has 0 saturated carbocycles. The first-order valence-corrected chi connectivity index (χ1v) is 9.92. The van der Waals surface area contributed by atoms with Crippen LogP contribution in [0.5, 0.6) is 0 Å². The molecular weight excluding hydrogens is 441 g/mol. The molecule has 0 saturated heterocycles. The molecule has 0 bridgehead atoms. The molecule has 1 amide bonds. The van der Waals surface area contributed by atoms with E-state index in [2.05, 4.69) is 20.8 Å². The molecule has 0 aliphatic carbocycles. The SMILES string of the molecule is O=C(Nc1cccc(C(F)(F)F)c1)c1ccccc1CNc1nnc(Cl)c2ccccc12. The Labute approximate surface area is 186 Å². The molecule has 4 rings (SSSR count). The summed E-state index contributed by atoms with van der Waals surface area (Å²) in [5.74, 6) is -0.0214. The Morgan fingerprint density at radius 1 is 0.906 bits per heavy atom. The zero-order chi connectivity index (χ0) is 22.7. The molecule has 1 heterocycles. The van der Waals surface area contributed by atoms with Gasteiger partial charge < -0.3 is 10.6 Å². The molecule has 5 nitrogen and oxygen atoms in total. The van der Waals surface area contributed by atoms with Crippen LogP contribution in [0.2, 0.25) is 5.15 Å². The molecule has 162 valence electrons. The number of nitrogens with zero attached hydrogens (tertiary/aromatic N) is 2. The van der Waals surface area contributed by atoms with E-state index < -0.39 is 17.6 Å². The molecule has 3 aromatic carbocycles. The van der Waals surface area contributed by atoms with Crippen LogP contribution in [0.25, 0.3) is 10.8 Å². The number of hydrogen-bond donors (Lipinski definition) is 2. The average Bonchev–Trinajstić information content (AvgIpc) is 2.79. The van der Waals surface area contributed by atoms with Gasteiger partial charge in [-0.2, -0.15) is 13.2 Å². The van der Waals surface area contributed by atoms with E-state index in [-0.39, 0.29) is 17.4 Å². The predicted octanol–water partition coefficient (Wildman–Crippen LogP) is 6.17. The highest BCUT2D eigenvalue weighted by molar-refractivity contribution is 6.34. The summed E-state index contributed by atoms with van der Waals surface area (Å²) in [6.45, 7) is 0.243. The smallest absolute Gasteiger partial charge is 0.364 e. The lowest BCUT2D eigenvalue weighted by Gasteiger charge is -2.13. The highest BCUT2D eigenvalue weighted by atomic mass is 35.5. The van der Waals surface area contributed by atoms with Crippen molar-refractivity contribution in [2.75, 3.05) is 10.6 Å². The fraction of sp³-hybridized carbons (Fsp3) is 0.0870. The fourth-order valence-electron chi connectivity index (χ4n) is 3.25. The summed E-state index contributed by atoms with van der Waals surface area (Å²) in [5.41, 5.74) is 0.182. The number of carbonyl (C=O) groups excluding carboxylic acids is 1. The van der Waals surface area contributed by atoms with Crippen LogP contribution in [0.15, 0.2) is 72.8 Å². The summed E-state index contributed by atoms with van der Waals surface area (Å²) in [6.07, 6.45) is -4.50. The minimum atomic E-state index is -4.50. The van der Waals surface area contributed by atoms with Crippen molar-refractivity contribution in [1.29, 1.82) is 0 Å². The van der Waals surface area contributed by atoms with E-state index in [1.54, 1.807) is 24.3 Å².